The number of rotatable bonds is 5. The maximum Gasteiger partial charge on any atom is 0.230 e. The molecule has 1 fully saturated rings. The highest BCUT2D eigenvalue weighted by Gasteiger charge is 2.16. The van der Waals surface area contributed by atoms with Gasteiger partial charge in [-0.25, -0.2) is 4.39 Å². The summed E-state index contributed by atoms with van der Waals surface area (Å²) >= 11 is 1.12. The van der Waals surface area contributed by atoms with Crippen molar-refractivity contribution in [1.29, 1.82) is 5.26 Å². The molecule has 1 aliphatic rings. The van der Waals surface area contributed by atoms with Crippen molar-refractivity contribution < 1.29 is 13.9 Å². The van der Waals surface area contributed by atoms with Gasteiger partial charge in [-0.15, -0.1) is 11.8 Å². The van der Waals surface area contributed by atoms with E-state index in [0.29, 0.717) is 11.4 Å². The van der Waals surface area contributed by atoms with Crippen LogP contribution in [0.1, 0.15) is 18.4 Å². The molecule has 1 aromatic rings. The zero-order chi connectivity index (χ0) is 14.4. The van der Waals surface area contributed by atoms with Crippen LogP contribution >= 0.6 is 11.8 Å². The number of nitriles is 1. The lowest BCUT2D eigenvalue weighted by molar-refractivity contribution is -0.119. The van der Waals surface area contributed by atoms with Gasteiger partial charge in [-0.3, -0.25) is 4.79 Å². The number of thioether (sulfide) groups is 1. The molecule has 1 saturated heterocycles. The molecule has 0 aliphatic carbocycles. The summed E-state index contributed by atoms with van der Waals surface area (Å²) < 4.78 is 19.0. The van der Waals surface area contributed by atoms with Gasteiger partial charge in [0.2, 0.25) is 5.91 Å². The molecule has 0 saturated carbocycles. The van der Waals surface area contributed by atoms with Gasteiger partial charge in [0.15, 0.2) is 0 Å². The Kier molecular flexibility index (Phi) is 5.39. The highest BCUT2D eigenvalue weighted by atomic mass is 32.2. The van der Waals surface area contributed by atoms with Crippen LogP contribution in [-0.4, -0.2) is 30.9 Å². The molecule has 4 nitrogen and oxygen atoms in total. The van der Waals surface area contributed by atoms with Crippen LogP contribution < -0.4 is 5.32 Å². The van der Waals surface area contributed by atoms with Gasteiger partial charge < -0.3 is 10.1 Å². The maximum absolute atomic E-state index is 13.6. The highest BCUT2D eigenvalue weighted by Crippen LogP contribution is 2.22. The number of nitrogens with one attached hydrogen (secondary N) is 1. The van der Waals surface area contributed by atoms with Gasteiger partial charge in [-0.1, -0.05) is 0 Å². The molecule has 1 heterocycles. The number of ether oxygens (including phenoxy) is 1. The lowest BCUT2D eigenvalue weighted by atomic mass is 10.2. The summed E-state index contributed by atoms with van der Waals surface area (Å²) in [7, 11) is 0. The molecular weight excluding hydrogens is 279 g/mol. The number of carbonyl (C=O) groups excluding carboxylic acids is 1. The van der Waals surface area contributed by atoms with E-state index in [2.05, 4.69) is 5.32 Å². The summed E-state index contributed by atoms with van der Waals surface area (Å²) in [5.41, 5.74) is 0.273. The molecule has 1 N–H and O–H groups in total. The Labute approximate surface area is 121 Å². The third kappa shape index (κ3) is 4.22. The molecule has 0 bridgehead atoms. The quantitative estimate of drug-likeness (QED) is 0.845. The number of hydrogen-bond donors (Lipinski definition) is 1. The third-order valence-electron chi connectivity index (χ3n) is 2.97. The minimum absolute atomic E-state index is 0.107. The third-order valence-corrected chi connectivity index (χ3v) is 4.02. The standard InChI is InChI=1S/C14H15FN2O2S/c15-12-6-10(7-16)3-4-13(12)20-9-14(18)17-8-11-2-1-5-19-11/h3-4,6,11H,1-2,5,8-9H2,(H,17,18)/t11-/m1/s1. The molecule has 0 radical (unpaired) electrons. The molecule has 106 valence electrons. The van der Waals surface area contributed by atoms with E-state index in [4.69, 9.17) is 10.00 Å². The summed E-state index contributed by atoms with van der Waals surface area (Å²) in [4.78, 5) is 12.0. The number of nitrogens with zero attached hydrogens (tertiary/aromatic N) is 1. The average Bonchev–Trinajstić information content (AvgIpc) is 2.97. The molecular formula is C14H15FN2O2S. The van der Waals surface area contributed by atoms with Gasteiger partial charge in [-0.2, -0.15) is 5.26 Å². The van der Waals surface area contributed by atoms with Crippen molar-refractivity contribution in [3.8, 4) is 6.07 Å². The normalized spacial score (nSPS) is 17.7. The smallest absolute Gasteiger partial charge is 0.230 e. The maximum atomic E-state index is 13.6. The first kappa shape index (κ1) is 14.8. The van der Waals surface area contributed by atoms with Crippen molar-refractivity contribution in [2.45, 2.75) is 23.8 Å². The van der Waals surface area contributed by atoms with Crippen molar-refractivity contribution in [3.63, 3.8) is 0 Å². The Bertz CT molecular complexity index is 524. The van der Waals surface area contributed by atoms with E-state index in [-0.39, 0.29) is 23.3 Å². The first-order chi connectivity index (χ1) is 9.69. The SMILES string of the molecule is N#Cc1ccc(SCC(=O)NC[C@H]2CCCO2)c(F)c1. The first-order valence-corrected chi connectivity index (χ1v) is 7.38. The number of hydrogen-bond acceptors (Lipinski definition) is 4. The molecule has 6 heteroatoms. The minimum Gasteiger partial charge on any atom is -0.376 e. The Balaban J connectivity index is 1.76. The van der Waals surface area contributed by atoms with E-state index in [9.17, 15) is 9.18 Å². The van der Waals surface area contributed by atoms with Crippen molar-refractivity contribution >= 4 is 17.7 Å². The molecule has 1 atom stereocenters. The molecule has 2 rings (SSSR count). The fourth-order valence-corrected chi connectivity index (χ4v) is 2.66. The van der Waals surface area contributed by atoms with Crippen molar-refractivity contribution in [2.75, 3.05) is 18.9 Å². The summed E-state index contributed by atoms with van der Waals surface area (Å²) in [6.45, 7) is 1.26. The van der Waals surface area contributed by atoms with Crippen LogP contribution in [0.25, 0.3) is 0 Å². The number of carbonyl (C=O) groups is 1. The van der Waals surface area contributed by atoms with E-state index < -0.39 is 5.82 Å². The van der Waals surface area contributed by atoms with Crippen LogP contribution in [0, 0.1) is 17.1 Å². The van der Waals surface area contributed by atoms with Crippen LogP contribution in [-0.2, 0) is 9.53 Å². The Morgan fingerprint density at radius 2 is 2.45 bits per heavy atom. The highest BCUT2D eigenvalue weighted by molar-refractivity contribution is 8.00. The second-order valence-electron chi connectivity index (χ2n) is 4.48. The molecule has 0 aromatic heterocycles. The summed E-state index contributed by atoms with van der Waals surface area (Å²) in [6, 6.07) is 6.10. The zero-order valence-corrected chi connectivity index (χ0v) is 11.7. The minimum atomic E-state index is -0.471. The van der Waals surface area contributed by atoms with Crippen molar-refractivity contribution in [2.24, 2.45) is 0 Å². The molecule has 0 spiro atoms. The summed E-state index contributed by atoms with van der Waals surface area (Å²) in [5.74, 6) is -0.467. The topological polar surface area (TPSA) is 62.1 Å². The van der Waals surface area contributed by atoms with Crippen LogP contribution in [0.2, 0.25) is 0 Å². The molecule has 20 heavy (non-hydrogen) atoms. The van der Waals surface area contributed by atoms with Gasteiger partial charge in [-0.05, 0) is 31.0 Å². The lowest BCUT2D eigenvalue weighted by Gasteiger charge is -2.10. The average molecular weight is 294 g/mol. The van der Waals surface area contributed by atoms with Crippen LogP contribution in [0.5, 0.6) is 0 Å². The monoisotopic (exact) mass is 294 g/mol. The Morgan fingerprint density at radius 3 is 3.10 bits per heavy atom. The van der Waals surface area contributed by atoms with Crippen LogP contribution in [0.3, 0.4) is 0 Å². The van der Waals surface area contributed by atoms with Crippen molar-refractivity contribution in [1.82, 2.24) is 5.32 Å². The number of halogens is 1. The lowest BCUT2D eigenvalue weighted by Crippen LogP contribution is -2.32. The fourth-order valence-electron chi connectivity index (χ4n) is 1.91. The zero-order valence-electron chi connectivity index (χ0n) is 10.9. The van der Waals surface area contributed by atoms with E-state index >= 15 is 0 Å². The van der Waals surface area contributed by atoms with E-state index in [1.54, 1.807) is 0 Å². The Morgan fingerprint density at radius 1 is 1.60 bits per heavy atom. The van der Waals surface area contributed by atoms with Crippen molar-refractivity contribution in [3.05, 3.63) is 29.6 Å². The first-order valence-electron chi connectivity index (χ1n) is 6.40. The van der Waals surface area contributed by atoms with Crippen LogP contribution in [0.4, 0.5) is 4.39 Å². The van der Waals surface area contributed by atoms with E-state index in [1.165, 1.54) is 18.2 Å². The molecule has 1 aromatic carbocycles. The number of amides is 1. The van der Waals surface area contributed by atoms with Gasteiger partial charge >= 0.3 is 0 Å². The largest absolute Gasteiger partial charge is 0.376 e. The van der Waals surface area contributed by atoms with E-state index in [1.807, 2.05) is 6.07 Å². The second kappa shape index (κ2) is 7.27. The predicted octanol–water partition coefficient (Wildman–Crippen LogP) is 2.08. The van der Waals surface area contributed by atoms with Crippen LogP contribution in [0.15, 0.2) is 23.1 Å². The van der Waals surface area contributed by atoms with E-state index in [0.717, 1.165) is 31.2 Å². The van der Waals surface area contributed by atoms with Gasteiger partial charge in [0.05, 0.1) is 23.5 Å². The van der Waals surface area contributed by atoms with Gasteiger partial charge in [0.1, 0.15) is 5.82 Å². The number of benzene rings is 1. The molecule has 1 aliphatic heterocycles. The van der Waals surface area contributed by atoms with Gasteiger partial charge in [0.25, 0.3) is 0 Å². The molecule has 0 unspecified atom stereocenters. The Hall–Kier alpha value is -1.58. The fraction of sp³-hybridized carbons (Fsp3) is 0.429. The molecule has 1 amide bonds. The summed E-state index contributed by atoms with van der Waals surface area (Å²) in [6.07, 6.45) is 2.11. The second-order valence-corrected chi connectivity index (χ2v) is 5.50. The predicted molar refractivity (Wildman–Crippen MR) is 73.8 cm³/mol. The van der Waals surface area contributed by atoms with Gasteiger partial charge in [0, 0.05) is 18.0 Å². The summed E-state index contributed by atoms with van der Waals surface area (Å²) in [5, 5.41) is 11.4.